The van der Waals surface area contributed by atoms with Crippen LogP contribution >= 0.6 is 11.3 Å². The van der Waals surface area contributed by atoms with E-state index in [-0.39, 0.29) is 0 Å². The summed E-state index contributed by atoms with van der Waals surface area (Å²) in [6, 6.07) is 11.8. The van der Waals surface area contributed by atoms with Gasteiger partial charge in [-0.15, -0.1) is 0 Å². The maximum absolute atomic E-state index is 3.63. The molecule has 0 amide bonds. The first-order valence-electron chi connectivity index (χ1n) is 7.14. The van der Waals surface area contributed by atoms with E-state index >= 15 is 0 Å². The molecule has 1 aliphatic carbocycles. The molecule has 1 fully saturated rings. The minimum absolute atomic E-state index is 0.527. The molecule has 0 spiro atoms. The van der Waals surface area contributed by atoms with Crippen molar-refractivity contribution in [3.63, 3.8) is 0 Å². The quantitative estimate of drug-likeness (QED) is 0.824. The molecule has 2 heteroatoms. The van der Waals surface area contributed by atoms with Crippen LogP contribution in [-0.2, 0) is 13.0 Å². The summed E-state index contributed by atoms with van der Waals surface area (Å²) in [7, 11) is 0. The summed E-state index contributed by atoms with van der Waals surface area (Å²) in [5, 5.41) is 8.02. The molecule has 100 valence electrons. The van der Waals surface area contributed by atoms with Crippen LogP contribution in [0.25, 0.3) is 0 Å². The molecule has 0 saturated heterocycles. The van der Waals surface area contributed by atoms with Gasteiger partial charge in [0.15, 0.2) is 0 Å². The van der Waals surface area contributed by atoms with E-state index in [1.54, 1.807) is 11.3 Å². The van der Waals surface area contributed by atoms with Gasteiger partial charge in [0, 0.05) is 12.6 Å². The Morgan fingerprint density at radius 1 is 1.26 bits per heavy atom. The molecule has 0 radical (unpaired) electrons. The van der Waals surface area contributed by atoms with Crippen molar-refractivity contribution < 1.29 is 0 Å². The molecule has 1 aromatic carbocycles. The summed E-state index contributed by atoms with van der Waals surface area (Å²) in [5.74, 6) is 0.850. The summed E-state index contributed by atoms with van der Waals surface area (Å²) in [5.41, 5.74) is 4.39. The average molecular weight is 271 g/mol. The maximum atomic E-state index is 3.63. The van der Waals surface area contributed by atoms with E-state index in [4.69, 9.17) is 0 Å². The molecule has 1 saturated carbocycles. The van der Waals surface area contributed by atoms with Crippen molar-refractivity contribution in [2.24, 2.45) is 0 Å². The SMILES string of the molecule is CC(Cc1ccsc1)NCc1cccc(C2CC2)c1. The average Bonchev–Trinajstić information content (AvgIpc) is 3.16. The maximum Gasteiger partial charge on any atom is 0.0208 e. The van der Waals surface area contributed by atoms with Gasteiger partial charge in [0.25, 0.3) is 0 Å². The lowest BCUT2D eigenvalue weighted by Gasteiger charge is -2.13. The van der Waals surface area contributed by atoms with Crippen LogP contribution in [0.15, 0.2) is 41.1 Å². The van der Waals surface area contributed by atoms with E-state index in [1.165, 1.54) is 29.5 Å². The van der Waals surface area contributed by atoms with Crippen LogP contribution in [0.2, 0.25) is 0 Å². The summed E-state index contributed by atoms with van der Waals surface area (Å²) in [6.07, 6.45) is 3.88. The fourth-order valence-electron chi connectivity index (χ4n) is 2.50. The molecule has 1 heterocycles. The highest BCUT2D eigenvalue weighted by molar-refractivity contribution is 7.07. The Labute approximate surface area is 119 Å². The second-order valence-corrected chi connectivity index (χ2v) is 6.42. The van der Waals surface area contributed by atoms with E-state index in [0.717, 1.165) is 18.9 Å². The molecule has 0 aliphatic heterocycles. The topological polar surface area (TPSA) is 12.0 Å². The lowest BCUT2D eigenvalue weighted by Crippen LogP contribution is -2.27. The number of hydrogen-bond acceptors (Lipinski definition) is 2. The second kappa shape index (κ2) is 5.89. The number of nitrogens with one attached hydrogen (secondary N) is 1. The van der Waals surface area contributed by atoms with E-state index in [0.29, 0.717) is 6.04 Å². The number of rotatable bonds is 6. The lowest BCUT2D eigenvalue weighted by molar-refractivity contribution is 0.546. The molecule has 2 aromatic rings. The third kappa shape index (κ3) is 3.68. The Kier molecular flexibility index (Phi) is 4.00. The van der Waals surface area contributed by atoms with Crippen molar-refractivity contribution in [2.75, 3.05) is 0 Å². The summed E-state index contributed by atoms with van der Waals surface area (Å²) in [6.45, 7) is 3.24. The predicted molar refractivity (Wildman–Crippen MR) is 82.7 cm³/mol. The van der Waals surface area contributed by atoms with Gasteiger partial charge >= 0.3 is 0 Å². The molecule has 1 unspecified atom stereocenters. The number of thiophene rings is 1. The first kappa shape index (κ1) is 12.9. The van der Waals surface area contributed by atoms with Crippen molar-refractivity contribution in [1.82, 2.24) is 5.32 Å². The second-order valence-electron chi connectivity index (χ2n) is 5.64. The molecule has 1 N–H and O–H groups in total. The van der Waals surface area contributed by atoms with Crippen LogP contribution in [-0.4, -0.2) is 6.04 Å². The Bertz CT molecular complexity index is 514. The van der Waals surface area contributed by atoms with Crippen LogP contribution in [0.3, 0.4) is 0 Å². The third-order valence-corrected chi connectivity index (χ3v) is 4.51. The lowest BCUT2D eigenvalue weighted by atomic mass is 10.1. The summed E-state index contributed by atoms with van der Waals surface area (Å²) >= 11 is 1.78. The van der Waals surface area contributed by atoms with E-state index in [1.807, 2.05) is 0 Å². The van der Waals surface area contributed by atoms with Crippen LogP contribution < -0.4 is 5.32 Å². The van der Waals surface area contributed by atoms with Gasteiger partial charge in [0.05, 0.1) is 0 Å². The molecular weight excluding hydrogens is 250 g/mol. The summed E-state index contributed by atoms with van der Waals surface area (Å²) < 4.78 is 0. The van der Waals surface area contributed by atoms with Gasteiger partial charge in [0.1, 0.15) is 0 Å². The third-order valence-electron chi connectivity index (χ3n) is 3.78. The Balaban J connectivity index is 1.52. The largest absolute Gasteiger partial charge is 0.310 e. The molecule has 1 nitrogen and oxygen atoms in total. The highest BCUT2D eigenvalue weighted by Gasteiger charge is 2.23. The zero-order chi connectivity index (χ0) is 13.1. The van der Waals surface area contributed by atoms with Gasteiger partial charge in [-0.3, -0.25) is 0 Å². The van der Waals surface area contributed by atoms with Gasteiger partial charge in [0.2, 0.25) is 0 Å². The molecule has 0 bridgehead atoms. The fraction of sp³-hybridized carbons (Fsp3) is 0.412. The standard InChI is InChI=1S/C17H21NS/c1-13(9-15-7-8-19-12-15)18-11-14-3-2-4-17(10-14)16-5-6-16/h2-4,7-8,10,12-13,16,18H,5-6,9,11H2,1H3. The van der Waals surface area contributed by atoms with Gasteiger partial charge in [-0.05, 0) is 65.6 Å². The molecule has 1 aromatic heterocycles. The zero-order valence-corrected chi connectivity index (χ0v) is 12.2. The predicted octanol–water partition coefficient (Wildman–Crippen LogP) is 4.35. The van der Waals surface area contributed by atoms with Crippen molar-refractivity contribution in [2.45, 2.75) is 44.7 Å². The van der Waals surface area contributed by atoms with E-state index in [9.17, 15) is 0 Å². The first-order valence-corrected chi connectivity index (χ1v) is 8.09. The molecule has 3 rings (SSSR count). The minimum atomic E-state index is 0.527. The molecular formula is C17H21NS. The van der Waals surface area contributed by atoms with Crippen LogP contribution in [0, 0.1) is 0 Å². The highest BCUT2D eigenvalue weighted by Crippen LogP contribution is 2.40. The van der Waals surface area contributed by atoms with Crippen molar-refractivity contribution in [3.8, 4) is 0 Å². The number of hydrogen-bond donors (Lipinski definition) is 1. The molecule has 1 aliphatic rings. The van der Waals surface area contributed by atoms with Gasteiger partial charge in [-0.2, -0.15) is 11.3 Å². The van der Waals surface area contributed by atoms with Crippen molar-refractivity contribution in [3.05, 3.63) is 57.8 Å². The normalized spacial score (nSPS) is 16.5. The minimum Gasteiger partial charge on any atom is -0.310 e. The highest BCUT2D eigenvalue weighted by atomic mass is 32.1. The first-order chi connectivity index (χ1) is 9.31. The van der Waals surface area contributed by atoms with Crippen molar-refractivity contribution in [1.29, 1.82) is 0 Å². The van der Waals surface area contributed by atoms with Crippen LogP contribution in [0.4, 0.5) is 0 Å². The van der Waals surface area contributed by atoms with Gasteiger partial charge < -0.3 is 5.32 Å². The van der Waals surface area contributed by atoms with Crippen molar-refractivity contribution >= 4 is 11.3 Å². The van der Waals surface area contributed by atoms with E-state index in [2.05, 4.69) is 53.3 Å². The van der Waals surface area contributed by atoms with Crippen LogP contribution in [0.1, 0.15) is 42.4 Å². The fourth-order valence-corrected chi connectivity index (χ4v) is 3.18. The monoisotopic (exact) mass is 271 g/mol. The molecule has 19 heavy (non-hydrogen) atoms. The smallest absolute Gasteiger partial charge is 0.0208 e. The Morgan fingerprint density at radius 3 is 2.89 bits per heavy atom. The number of benzene rings is 1. The summed E-state index contributed by atoms with van der Waals surface area (Å²) in [4.78, 5) is 0. The Morgan fingerprint density at radius 2 is 2.16 bits per heavy atom. The Hall–Kier alpha value is -1.12. The van der Waals surface area contributed by atoms with Gasteiger partial charge in [-0.1, -0.05) is 24.3 Å². The molecule has 1 atom stereocenters. The van der Waals surface area contributed by atoms with E-state index < -0.39 is 0 Å². The van der Waals surface area contributed by atoms with Crippen LogP contribution in [0.5, 0.6) is 0 Å². The van der Waals surface area contributed by atoms with Gasteiger partial charge in [-0.25, -0.2) is 0 Å². The zero-order valence-electron chi connectivity index (χ0n) is 11.4.